The van der Waals surface area contributed by atoms with Crippen molar-refractivity contribution in [3.8, 4) is 17.1 Å². The molecule has 0 saturated carbocycles. The molecular formula is C20H17N5O2. The van der Waals surface area contributed by atoms with E-state index in [2.05, 4.69) is 15.2 Å². The number of rotatable bonds is 3. The third-order valence-electron chi connectivity index (χ3n) is 4.26. The molecule has 4 aromatic rings. The van der Waals surface area contributed by atoms with Crippen LogP contribution in [0.5, 0.6) is 0 Å². The van der Waals surface area contributed by atoms with Crippen LogP contribution in [0.2, 0.25) is 0 Å². The van der Waals surface area contributed by atoms with E-state index in [-0.39, 0.29) is 17.2 Å². The molecule has 2 aromatic carbocycles. The number of para-hydroxylation sites is 1. The van der Waals surface area contributed by atoms with Gasteiger partial charge in [0, 0.05) is 11.6 Å². The van der Waals surface area contributed by atoms with Gasteiger partial charge in [-0.05, 0) is 26.0 Å². The Balaban J connectivity index is 2.10. The summed E-state index contributed by atoms with van der Waals surface area (Å²) in [6.07, 6.45) is 0. The molecule has 7 heteroatoms. The van der Waals surface area contributed by atoms with E-state index in [4.69, 9.17) is 0 Å². The number of benzene rings is 2. The van der Waals surface area contributed by atoms with Gasteiger partial charge >= 0.3 is 5.69 Å². The highest BCUT2D eigenvalue weighted by molar-refractivity contribution is 5.71. The van der Waals surface area contributed by atoms with Gasteiger partial charge in [-0.15, -0.1) is 10.2 Å². The maximum absolute atomic E-state index is 13.1. The molecule has 134 valence electrons. The second kappa shape index (κ2) is 6.60. The van der Waals surface area contributed by atoms with Gasteiger partial charge in [-0.3, -0.25) is 9.36 Å². The smallest absolute Gasteiger partial charge is 0.272 e. The molecule has 0 fully saturated rings. The van der Waals surface area contributed by atoms with Crippen molar-refractivity contribution in [2.75, 3.05) is 0 Å². The van der Waals surface area contributed by atoms with Gasteiger partial charge in [0.1, 0.15) is 0 Å². The minimum absolute atomic E-state index is 0.112. The maximum Gasteiger partial charge on any atom is 0.337 e. The van der Waals surface area contributed by atoms with Crippen LogP contribution in [0.15, 0.2) is 70.3 Å². The average molecular weight is 359 g/mol. The van der Waals surface area contributed by atoms with E-state index < -0.39 is 11.2 Å². The summed E-state index contributed by atoms with van der Waals surface area (Å²) in [6, 6.07) is 17.9. The zero-order valence-corrected chi connectivity index (χ0v) is 14.9. The molecule has 0 spiro atoms. The van der Waals surface area contributed by atoms with Crippen molar-refractivity contribution in [2.24, 2.45) is 0 Å². The van der Waals surface area contributed by atoms with Crippen LogP contribution in [0.1, 0.15) is 19.9 Å². The fourth-order valence-electron chi connectivity index (χ4n) is 3.00. The molecule has 7 nitrogen and oxygen atoms in total. The molecule has 0 atom stereocenters. The molecule has 2 aromatic heterocycles. The Morgan fingerprint density at radius 2 is 1.48 bits per heavy atom. The lowest BCUT2D eigenvalue weighted by Crippen LogP contribution is -2.40. The molecule has 0 bridgehead atoms. The number of fused-ring (bicyclic) bond motifs is 1. The van der Waals surface area contributed by atoms with Crippen LogP contribution < -0.4 is 11.2 Å². The van der Waals surface area contributed by atoms with Crippen LogP contribution in [0.4, 0.5) is 0 Å². The maximum atomic E-state index is 13.1. The molecule has 0 aliphatic heterocycles. The van der Waals surface area contributed by atoms with Gasteiger partial charge < -0.3 is 0 Å². The molecule has 0 saturated heterocycles. The van der Waals surface area contributed by atoms with E-state index in [1.807, 2.05) is 50.2 Å². The first kappa shape index (κ1) is 16.8. The number of hydrogen-bond acceptors (Lipinski definition) is 5. The minimum Gasteiger partial charge on any atom is -0.272 e. The lowest BCUT2D eigenvalue weighted by molar-refractivity contribution is 0.561. The third kappa shape index (κ3) is 2.83. The van der Waals surface area contributed by atoms with Crippen LogP contribution in [-0.2, 0) is 0 Å². The molecule has 2 heterocycles. The van der Waals surface area contributed by atoms with Crippen molar-refractivity contribution in [3.05, 3.63) is 81.5 Å². The van der Waals surface area contributed by atoms with E-state index in [9.17, 15) is 9.59 Å². The van der Waals surface area contributed by atoms with E-state index in [0.717, 1.165) is 10.1 Å². The van der Waals surface area contributed by atoms with E-state index >= 15 is 0 Å². The van der Waals surface area contributed by atoms with Crippen molar-refractivity contribution >= 4 is 11.2 Å². The molecule has 0 N–H and O–H groups in total. The lowest BCUT2D eigenvalue weighted by Gasteiger charge is -2.15. The fourth-order valence-corrected chi connectivity index (χ4v) is 3.00. The van der Waals surface area contributed by atoms with Crippen LogP contribution in [0.3, 0.4) is 0 Å². The van der Waals surface area contributed by atoms with Crippen molar-refractivity contribution in [2.45, 2.75) is 19.9 Å². The van der Waals surface area contributed by atoms with Crippen molar-refractivity contribution in [1.29, 1.82) is 0 Å². The summed E-state index contributed by atoms with van der Waals surface area (Å²) >= 11 is 0. The first-order chi connectivity index (χ1) is 13.1. The van der Waals surface area contributed by atoms with E-state index in [1.165, 1.54) is 4.57 Å². The van der Waals surface area contributed by atoms with Gasteiger partial charge in [-0.25, -0.2) is 14.3 Å². The van der Waals surface area contributed by atoms with Crippen LogP contribution in [0, 0.1) is 0 Å². The molecule has 0 aliphatic rings. The van der Waals surface area contributed by atoms with Gasteiger partial charge in [0.15, 0.2) is 17.0 Å². The van der Waals surface area contributed by atoms with Gasteiger partial charge in [-0.2, -0.15) is 0 Å². The molecular weight excluding hydrogens is 342 g/mol. The average Bonchev–Trinajstić information content (AvgIpc) is 2.69. The minimum atomic E-state index is -0.509. The fraction of sp³-hybridized carbons (Fsp3) is 0.150. The van der Waals surface area contributed by atoms with Crippen LogP contribution >= 0.6 is 0 Å². The summed E-state index contributed by atoms with van der Waals surface area (Å²) in [5.74, 6) is 0.341. The summed E-state index contributed by atoms with van der Waals surface area (Å²) in [4.78, 5) is 30.6. The van der Waals surface area contributed by atoms with Crippen LogP contribution in [-0.4, -0.2) is 24.3 Å². The van der Waals surface area contributed by atoms with Crippen molar-refractivity contribution in [1.82, 2.24) is 24.3 Å². The van der Waals surface area contributed by atoms with Crippen molar-refractivity contribution < 1.29 is 0 Å². The van der Waals surface area contributed by atoms with Gasteiger partial charge in [0.05, 0.1) is 5.69 Å². The van der Waals surface area contributed by atoms with Crippen LogP contribution in [0.25, 0.3) is 28.2 Å². The van der Waals surface area contributed by atoms with Gasteiger partial charge in [0.2, 0.25) is 0 Å². The zero-order chi connectivity index (χ0) is 19.0. The Kier molecular flexibility index (Phi) is 4.12. The molecule has 27 heavy (non-hydrogen) atoms. The summed E-state index contributed by atoms with van der Waals surface area (Å²) in [6.45, 7) is 3.71. The van der Waals surface area contributed by atoms with E-state index in [0.29, 0.717) is 11.5 Å². The van der Waals surface area contributed by atoms with Gasteiger partial charge in [0.25, 0.3) is 5.56 Å². The highest BCUT2D eigenvalue weighted by Gasteiger charge is 2.19. The van der Waals surface area contributed by atoms with Gasteiger partial charge in [-0.1, -0.05) is 48.5 Å². The summed E-state index contributed by atoms with van der Waals surface area (Å²) in [5.41, 5.74) is 0.568. The SMILES string of the molecule is CC(C)n1c(=O)n(-c2ccccc2)c(=O)c2nc(-c3ccccc3)nnc21. The Hall–Kier alpha value is -3.61. The molecule has 0 amide bonds. The molecule has 4 rings (SSSR count). The Labute approximate surface area is 154 Å². The third-order valence-corrected chi connectivity index (χ3v) is 4.26. The lowest BCUT2D eigenvalue weighted by atomic mass is 10.2. The Morgan fingerprint density at radius 1 is 0.852 bits per heavy atom. The molecule has 0 aliphatic carbocycles. The predicted octanol–water partition coefficient (Wildman–Crippen LogP) is 2.59. The first-order valence-electron chi connectivity index (χ1n) is 8.60. The Morgan fingerprint density at radius 3 is 2.11 bits per heavy atom. The van der Waals surface area contributed by atoms with Crippen molar-refractivity contribution in [3.63, 3.8) is 0 Å². The number of aromatic nitrogens is 5. The quantitative estimate of drug-likeness (QED) is 0.561. The first-order valence-corrected chi connectivity index (χ1v) is 8.60. The number of hydrogen-bond donors (Lipinski definition) is 0. The van der Waals surface area contributed by atoms with E-state index in [1.54, 1.807) is 24.3 Å². The second-order valence-corrected chi connectivity index (χ2v) is 6.40. The Bertz CT molecular complexity index is 1230. The highest BCUT2D eigenvalue weighted by Crippen LogP contribution is 2.16. The summed E-state index contributed by atoms with van der Waals surface area (Å²) in [7, 11) is 0. The molecule has 0 radical (unpaired) electrons. The summed E-state index contributed by atoms with van der Waals surface area (Å²) in [5, 5.41) is 8.31. The predicted molar refractivity (Wildman–Crippen MR) is 103 cm³/mol. The highest BCUT2D eigenvalue weighted by atomic mass is 16.2. The molecule has 0 unspecified atom stereocenters. The topological polar surface area (TPSA) is 82.7 Å². The largest absolute Gasteiger partial charge is 0.337 e. The second-order valence-electron chi connectivity index (χ2n) is 6.40. The monoisotopic (exact) mass is 359 g/mol. The summed E-state index contributed by atoms with van der Waals surface area (Å²) < 4.78 is 2.57. The standard InChI is InChI=1S/C20H17N5O2/c1-13(2)24-18-16(21-17(22-23-18)14-9-5-3-6-10-14)19(26)25(20(24)27)15-11-7-4-8-12-15/h3-13H,1-2H3. The zero-order valence-electron chi connectivity index (χ0n) is 14.9. The normalized spacial score (nSPS) is 11.2. The number of nitrogens with zero attached hydrogens (tertiary/aromatic N) is 5.